The molecule has 1 aromatic carbocycles. The van der Waals surface area contributed by atoms with E-state index in [0.717, 1.165) is 12.2 Å². The van der Waals surface area contributed by atoms with Gasteiger partial charge in [0.1, 0.15) is 5.75 Å². The average Bonchev–Trinajstić information content (AvgIpc) is 2.99. The highest BCUT2D eigenvalue weighted by atomic mass is 16.5. The number of benzene rings is 1. The van der Waals surface area contributed by atoms with Crippen molar-refractivity contribution in [1.82, 2.24) is 14.8 Å². The molecule has 0 aliphatic carbocycles. The second kappa shape index (κ2) is 9.88. The molecule has 1 aliphatic heterocycles. The highest BCUT2D eigenvalue weighted by molar-refractivity contribution is 5.94. The fourth-order valence-corrected chi connectivity index (χ4v) is 3.25. The molecule has 1 fully saturated rings. The van der Waals surface area contributed by atoms with Crippen LogP contribution in [0.2, 0.25) is 0 Å². The van der Waals surface area contributed by atoms with E-state index in [1.165, 1.54) is 5.56 Å². The third-order valence-electron chi connectivity index (χ3n) is 4.89. The summed E-state index contributed by atoms with van der Waals surface area (Å²) < 4.78 is 5.69. The van der Waals surface area contributed by atoms with Crippen LogP contribution in [-0.2, 0) is 4.79 Å². The predicted octanol–water partition coefficient (Wildman–Crippen LogP) is 2.92. The van der Waals surface area contributed by atoms with E-state index in [4.69, 9.17) is 4.74 Å². The third-order valence-corrected chi connectivity index (χ3v) is 4.89. The molecule has 0 radical (unpaired) electrons. The standard InChI is InChI=1S/C22H27N3O3/c1-18-5-7-20(8-6-18)28-17-2-4-21(26)24-13-3-14-25(16-15-24)22(27)19-9-11-23-12-10-19/h5-12H,2-4,13-17H2,1H3. The van der Waals surface area contributed by atoms with E-state index < -0.39 is 0 Å². The Labute approximate surface area is 166 Å². The molecule has 6 heteroatoms. The summed E-state index contributed by atoms with van der Waals surface area (Å²) in [6.45, 7) is 5.06. The van der Waals surface area contributed by atoms with Gasteiger partial charge in [-0.2, -0.15) is 0 Å². The molecule has 0 spiro atoms. The monoisotopic (exact) mass is 381 g/mol. The van der Waals surface area contributed by atoms with Crippen molar-refractivity contribution in [3.05, 3.63) is 59.9 Å². The summed E-state index contributed by atoms with van der Waals surface area (Å²) in [5, 5.41) is 0. The zero-order chi connectivity index (χ0) is 19.8. The van der Waals surface area contributed by atoms with E-state index >= 15 is 0 Å². The van der Waals surface area contributed by atoms with Gasteiger partial charge in [-0.15, -0.1) is 0 Å². The molecule has 0 bridgehead atoms. The molecule has 1 aromatic heterocycles. The summed E-state index contributed by atoms with van der Waals surface area (Å²) in [6.07, 6.45) is 5.19. The van der Waals surface area contributed by atoms with Crippen LogP contribution in [0.1, 0.15) is 35.2 Å². The molecular formula is C22H27N3O3. The summed E-state index contributed by atoms with van der Waals surface area (Å²) in [6, 6.07) is 11.4. The molecule has 2 amide bonds. The van der Waals surface area contributed by atoms with Crippen molar-refractivity contribution < 1.29 is 14.3 Å². The molecule has 2 aromatic rings. The Hall–Kier alpha value is -2.89. The van der Waals surface area contributed by atoms with Crippen LogP contribution in [0.3, 0.4) is 0 Å². The van der Waals surface area contributed by atoms with E-state index in [9.17, 15) is 9.59 Å². The number of hydrogen-bond acceptors (Lipinski definition) is 4. The lowest BCUT2D eigenvalue weighted by Crippen LogP contribution is -2.37. The number of aryl methyl sites for hydroxylation is 1. The number of ether oxygens (including phenoxy) is 1. The molecule has 28 heavy (non-hydrogen) atoms. The van der Waals surface area contributed by atoms with Gasteiger partial charge in [0.05, 0.1) is 6.61 Å². The van der Waals surface area contributed by atoms with E-state index in [-0.39, 0.29) is 11.8 Å². The van der Waals surface area contributed by atoms with Gasteiger partial charge in [0, 0.05) is 50.6 Å². The van der Waals surface area contributed by atoms with Crippen molar-refractivity contribution >= 4 is 11.8 Å². The maximum atomic E-state index is 12.6. The largest absolute Gasteiger partial charge is 0.494 e. The van der Waals surface area contributed by atoms with Crippen LogP contribution in [-0.4, -0.2) is 59.4 Å². The summed E-state index contributed by atoms with van der Waals surface area (Å²) in [5.41, 5.74) is 1.84. The summed E-state index contributed by atoms with van der Waals surface area (Å²) in [4.78, 5) is 32.7. The van der Waals surface area contributed by atoms with Crippen LogP contribution < -0.4 is 4.74 Å². The molecule has 0 saturated carbocycles. The van der Waals surface area contributed by atoms with Gasteiger partial charge in [0.15, 0.2) is 0 Å². The molecule has 1 saturated heterocycles. The first kappa shape index (κ1) is 19.9. The SMILES string of the molecule is Cc1ccc(OCCCC(=O)N2CCCN(C(=O)c3ccncc3)CC2)cc1. The van der Waals surface area contributed by atoms with Gasteiger partial charge >= 0.3 is 0 Å². The fourth-order valence-electron chi connectivity index (χ4n) is 3.25. The summed E-state index contributed by atoms with van der Waals surface area (Å²) in [7, 11) is 0. The molecular weight excluding hydrogens is 354 g/mol. The topological polar surface area (TPSA) is 62.7 Å². The zero-order valence-corrected chi connectivity index (χ0v) is 16.3. The van der Waals surface area contributed by atoms with Gasteiger partial charge in [-0.05, 0) is 44.0 Å². The van der Waals surface area contributed by atoms with Gasteiger partial charge in [0.25, 0.3) is 5.91 Å². The molecule has 1 aliphatic rings. The normalized spacial score (nSPS) is 14.5. The molecule has 0 atom stereocenters. The Morgan fingerprint density at radius 3 is 2.39 bits per heavy atom. The molecule has 3 rings (SSSR count). The summed E-state index contributed by atoms with van der Waals surface area (Å²) >= 11 is 0. The van der Waals surface area contributed by atoms with Crippen molar-refractivity contribution in [2.24, 2.45) is 0 Å². The Bertz CT molecular complexity index is 777. The predicted molar refractivity (Wildman–Crippen MR) is 107 cm³/mol. The van der Waals surface area contributed by atoms with Crippen LogP contribution in [0.4, 0.5) is 0 Å². The minimum Gasteiger partial charge on any atom is -0.494 e. The number of aromatic nitrogens is 1. The van der Waals surface area contributed by atoms with Crippen molar-refractivity contribution in [1.29, 1.82) is 0 Å². The van der Waals surface area contributed by atoms with Crippen LogP contribution in [0, 0.1) is 6.92 Å². The zero-order valence-electron chi connectivity index (χ0n) is 16.3. The van der Waals surface area contributed by atoms with Crippen LogP contribution in [0.5, 0.6) is 5.75 Å². The number of pyridine rings is 1. The second-order valence-corrected chi connectivity index (χ2v) is 7.03. The highest BCUT2D eigenvalue weighted by Crippen LogP contribution is 2.13. The number of amides is 2. The van der Waals surface area contributed by atoms with E-state index in [1.807, 2.05) is 41.0 Å². The van der Waals surface area contributed by atoms with E-state index in [2.05, 4.69) is 4.98 Å². The lowest BCUT2D eigenvalue weighted by atomic mass is 10.2. The van der Waals surface area contributed by atoms with Crippen molar-refractivity contribution in [3.8, 4) is 5.75 Å². The van der Waals surface area contributed by atoms with E-state index in [1.54, 1.807) is 24.5 Å². The first-order valence-corrected chi connectivity index (χ1v) is 9.80. The Morgan fingerprint density at radius 2 is 1.64 bits per heavy atom. The number of rotatable bonds is 6. The van der Waals surface area contributed by atoms with Crippen LogP contribution in [0.15, 0.2) is 48.8 Å². The summed E-state index contributed by atoms with van der Waals surface area (Å²) in [5.74, 6) is 0.965. The smallest absolute Gasteiger partial charge is 0.254 e. The van der Waals surface area contributed by atoms with Gasteiger partial charge in [-0.1, -0.05) is 17.7 Å². The van der Waals surface area contributed by atoms with E-state index in [0.29, 0.717) is 51.2 Å². The first-order chi connectivity index (χ1) is 13.6. The molecule has 0 N–H and O–H groups in total. The van der Waals surface area contributed by atoms with Crippen molar-refractivity contribution in [2.75, 3.05) is 32.8 Å². The van der Waals surface area contributed by atoms with Crippen LogP contribution >= 0.6 is 0 Å². The Balaban J connectivity index is 1.41. The molecule has 0 unspecified atom stereocenters. The third kappa shape index (κ3) is 5.55. The van der Waals surface area contributed by atoms with Gasteiger partial charge in [-0.3, -0.25) is 14.6 Å². The van der Waals surface area contributed by atoms with Crippen LogP contribution in [0.25, 0.3) is 0 Å². The maximum absolute atomic E-state index is 12.6. The number of hydrogen-bond donors (Lipinski definition) is 0. The second-order valence-electron chi connectivity index (χ2n) is 7.03. The fraction of sp³-hybridized carbons (Fsp3) is 0.409. The van der Waals surface area contributed by atoms with Gasteiger partial charge in [-0.25, -0.2) is 0 Å². The first-order valence-electron chi connectivity index (χ1n) is 9.80. The lowest BCUT2D eigenvalue weighted by Gasteiger charge is -2.22. The average molecular weight is 381 g/mol. The Kier molecular flexibility index (Phi) is 7.00. The maximum Gasteiger partial charge on any atom is 0.254 e. The minimum absolute atomic E-state index is 0.00296. The number of carbonyl (C=O) groups excluding carboxylic acids is 2. The number of carbonyl (C=O) groups is 2. The quantitative estimate of drug-likeness (QED) is 0.722. The molecule has 6 nitrogen and oxygen atoms in total. The number of nitrogens with zero attached hydrogens (tertiary/aromatic N) is 3. The lowest BCUT2D eigenvalue weighted by molar-refractivity contribution is -0.131. The minimum atomic E-state index is 0.00296. The Morgan fingerprint density at radius 1 is 0.964 bits per heavy atom. The molecule has 2 heterocycles. The molecule has 148 valence electrons. The van der Waals surface area contributed by atoms with Gasteiger partial charge in [0.2, 0.25) is 5.91 Å². The van der Waals surface area contributed by atoms with Crippen molar-refractivity contribution in [2.45, 2.75) is 26.2 Å². The highest BCUT2D eigenvalue weighted by Gasteiger charge is 2.22. The van der Waals surface area contributed by atoms with Gasteiger partial charge < -0.3 is 14.5 Å². The van der Waals surface area contributed by atoms with Crippen molar-refractivity contribution in [3.63, 3.8) is 0 Å².